The Morgan fingerprint density at radius 3 is 2.61 bits per heavy atom. The molecule has 8 heteroatoms. The molecule has 0 bridgehead atoms. The van der Waals surface area contributed by atoms with E-state index in [1.54, 1.807) is 24.8 Å². The van der Waals surface area contributed by atoms with Gasteiger partial charge in [0, 0.05) is 12.2 Å². The van der Waals surface area contributed by atoms with Crippen LogP contribution >= 0.6 is 0 Å². The molecule has 2 aromatic carbocycles. The molecule has 2 amide bonds. The lowest BCUT2D eigenvalue weighted by molar-refractivity contribution is -0.159. The van der Waals surface area contributed by atoms with E-state index >= 15 is 0 Å². The van der Waals surface area contributed by atoms with Crippen molar-refractivity contribution >= 4 is 34.2 Å². The minimum Gasteiger partial charge on any atom is -0.465 e. The maximum Gasteiger partial charge on any atom is 0.313 e. The highest BCUT2D eigenvalue weighted by molar-refractivity contribution is 6.06. The van der Waals surface area contributed by atoms with Crippen molar-refractivity contribution in [3.63, 3.8) is 0 Å². The Kier molecular flexibility index (Phi) is 5.92. The van der Waals surface area contributed by atoms with E-state index in [4.69, 9.17) is 9.47 Å². The highest BCUT2D eigenvalue weighted by Crippen LogP contribution is 2.57. The molecule has 0 radical (unpaired) electrons. The van der Waals surface area contributed by atoms with E-state index in [1.807, 2.05) is 60.7 Å². The number of nitrogens with zero attached hydrogens (tertiary/aromatic N) is 2. The first-order valence-electron chi connectivity index (χ1n) is 13.3. The van der Waals surface area contributed by atoms with Crippen LogP contribution in [0.5, 0.6) is 0 Å². The van der Waals surface area contributed by atoms with Gasteiger partial charge >= 0.3 is 5.97 Å². The van der Waals surface area contributed by atoms with E-state index in [0.29, 0.717) is 18.5 Å². The van der Waals surface area contributed by atoms with Gasteiger partial charge in [0.15, 0.2) is 0 Å². The summed E-state index contributed by atoms with van der Waals surface area (Å²) >= 11 is 0. The number of cyclic esters (lactones) is 1. The molecule has 4 aliphatic heterocycles. The second kappa shape index (κ2) is 9.06. The summed E-state index contributed by atoms with van der Waals surface area (Å²) in [6.45, 7) is 3.71. The summed E-state index contributed by atoms with van der Waals surface area (Å²) in [6.07, 6.45) is 8.87. The molecule has 0 aromatic heterocycles. The number of aliphatic hydroxyl groups excluding tert-OH is 1. The molecule has 0 saturated carbocycles. The topological polar surface area (TPSA) is 96.4 Å². The van der Waals surface area contributed by atoms with Crippen LogP contribution in [-0.4, -0.2) is 70.8 Å². The summed E-state index contributed by atoms with van der Waals surface area (Å²) in [5.41, 5.74) is -1.81. The third-order valence-electron chi connectivity index (χ3n) is 8.47. The van der Waals surface area contributed by atoms with E-state index < -0.39 is 41.1 Å². The Labute approximate surface area is 221 Å². The Bertz CT molecular complexity index is 1370. The Morgan fingerprint density at radius 2 is 1.82 bits per heavy atom. The summed E-state index contributed by atoms with van der Waals surface area (Å²) in [6, 6.07) is 12.0. The molecule has 2 saturated heterocycles. The largest absolute Gasteiger partial charge is 0.465 e. The molecular formula is C30H32N2O6. The van der Waals surface area contributed by atoms with Gasteiger partial charge < -0.3 is 24.4 Å². The Hall–Kier alpha value is -3.49. The molecule has 198 valence electrons. The standard InChI is InChI=1S/C30H32N2O6/c1-19(18-33)32-25-27(35)31(22-12-11-20-9-4-5-10-21(20)17-22)15-8-14-30(25)23(26(32)34)24-28(36)37-16-7-3-6-13-29(24,2)38-30/h4-6,8-14,17,19,23-25,33H,3,7,15-16,18H2,1-2H3/b13-6-/t19-,23+,24+,25?,29-,30+/m1/s1. The van der Waals surface area contributed by atoms with Crippen molar-refractivity contribution < 1.29 is 29.0 Å². The van der Waals surface area contributed by atoms with Crippen molar-refractivity contribution in [2.45, 2.75) is 50.0 Å². The molecule has 6 atom stereocenters. The highest BCUT2D eigenvalue weighted by atomic mass is 16.6. The van der Waals surface area contributed by atoms with Crippen LogP contribution in [0.25, 0.3) is 10.8 Å². The molecule has 8 nitrogen and oxygen atoms in total. The van der Waals surface area contributed by atoms with Crippen molar-refractivity contribution in [2.75, 3.05) is 24.7 Å². The van der Waals surface area contributed by atoms with E-state index in [9.17, 15) is 19.5 Å². The number of ether oxygens (including phenoxy) is 2. The van der Waals surface area contributed by atoms with Gasteiger partial charge in [-0.2, -0.15) is 0 Å². The van der Waals surface area contributed by atoms with Crippen LogP contribution in [0.15, 0.2) is 66.8 Å². The summed E-state index contributed by atoms with van der Waals surface area (Å²) in [4.78, 5) is 45.1. The molecule has 1 unspecified atom stereocenters. The molecule has 2 fully saturated rings. The smallest absolute Gasteiger partial charge is 0.313 e. The lowest BCUT2D eigenvalue weighted by Crippen LogP contribution is -2.58. The van der Waals surface area contributed by atoms with Gasteiger partial charge in [0.2, 0.25) is 5.91 Å². The number of esters is 1. The third-order valence-corrected chi connectivity index (χ3v) is 8.47. The van der Waals surface area contributed by atoms with E-state index in [0.717, 1.165) is 10.8 Å². The zero-order valence-corrected chi connectivity index (χ0v) is 21.6. The first-order valence-corrected chi connectivity index (χ1v) is 13.3. The van der Waals surface area contributed by atoms with Crippen LogP contribution in [0.3, 0.4) is 0 Å². The number of carbonyl (C=O) groups is 3. The zero-order valence-electron chi connectivity index (χ0n) is 21.6. The second-order valence-corrected chi connectivity index (χ2v) is 10.9. The normalized spacial score (nSPS) is 34.5. The van der Waals surface area contributed by atoms with Crippen molar-refractivity contribution in [1.82, 2.24) is 4.90 Å². The van der Waals surface area contributed by atoms with E-state index in [1.165, 1.54) is 4.90 Å². The average Bonchev–Trinajstić information content (AvgIpc) is 3.27. The van der Waals surface area contributed by atoms with Gasteiger partial charge in [-0.25, -0.2) is 0 Å². The molecule has 2 aromatic rings. The van der Waals surface area contributed by atoms with Gasteiger partial charge in [-0.3, -0.25) is 14.4 Å². The van der Waals surface area contributed by atoms with E-state index in [2.05, 4.69) is 0 Å². The van der Waals surface area contributed by atoms with E-state index in [-0.39, 0.29) is 31.6 Å². The van der Waals surface area contributed by atoms with Gasteiger partial charge in [-0.15, -0.1) is 0 Å². The number of aliphatic hydroxyl groups is 1. The van der Waals surface area contributed by atoms with Crippen LogP contribution in [0.2, 0.25) is 0 Å². The number of hydrogen-bond donors (Lipinski definition) is 1. The molecule has 1 N–H and O–H groups in total. The predicted molar refractivity (Wildman–Crippen MR) is 141 cm³/mol. The molecule has 1 spiro atoms. The Balaban J connectivity index is 1.49. The highest BCUT2D eigenvalue weighted by Gasteiger charge is 2.75. The number of carbonyl (C=O) groups excluding carboxylic acids is 3. The number of fused-ring (bicyclic) bond motifs is 3. The SMILES string of the molecule is C[C@H](CO)N1C(=O)[C@@H]2[C@H]3C(=O)OCCC/C=C\[C@@]3(C)O[C@@]23C=CCN(c2ccc4ccccc4c2)C(=O)C13. The number of hydrogen-bond acceptors (Lipinski definition) is 6. The minimum atomic E-state index is -1.38. The third kappa shape index (κ3) is 3.54. The first-order chi connectivity index (χ1) is 18.3. The quantitative estimate of drug-likeness (QED) is 0.498. The van der Waals surface area contributed by atoms with Crippen LogP contribution < -0.4 is 4.90 Å². The van der Waals surface area contributed by atoms with Crippen LogP contribution in [0.4, 0.5) is 5.69 Å². The lowest BCUT2D eigenvalue weighted by Gasteiger charge is -2.39. The number of amides is 2. The van der Waals surface area contributed by atoms with Crippen LogP contribution in [0.1, 0.15) is 26.7 Å². The van der Waals surface area contributed by atoms with Crippen molar-refractivity contribution in [3.05, 3.63) is 66.8 Å². The fourth-order valence-corrected chi connectivity index (χ4v) is 6.71. The minimum absolute atomic E-state index is 0.258. The fourth-order valence-electron chi connectivity index (χ4n) is 6.71. The summed E-state index contributed by atoms with van der Waals surface area (Å²) in [5.74, 6) is -3.07. The molecule has 38 heavy (non-hydrogen) atoms. The summed E-state index contributed by atoms with van der Waals surface area (Å²) in [7, 11) is 0. The predicted octanol–water partition coefficient (Wildman–Crippen LogP) is 2.99. The van der Waals surface area contributed by atoms with Crippen molar-refractivity contribution in [1.29, 1.82) is 0 Å². The zero-order chi connectivity index (χ0) is 26.7. The molecule has 4 aliphatic rings. The fraction of sp³-hybridized carbons (Fsp3) is 0.433. The number of rotatable bonds is 3. The van der Waals surface area contributed by atoms with Crippen LogP contribution in [0, 0.1) is 11.8 Å². The van der Waals surface area contributed by atoms with Gasteiger partial charge in [-0.1, -0.05) is 54.6 Å². The van der Waals surface area contributed by atoms with Crippen molar-refractivity contribution in [3.8, 4) is 0 Å². The average molecular weight is 517 g/mol. The van der Waals surface area contributed by atoms with Gasteiger partial charge in [0.05, 0.1) is 30.8 Å². The summed E-state index contributed by atoms with van der Waals surface area (Å²) < 4.78 is 12.4. The van der Waals surface area contributed by atoms with Crippen LogP contribution in [-0.2, 0) is 23.9 Å². The summed E-state index contributed by atoms with van der Waals surface area (Å²) in [5, 5.41) is 12.1. The number of anilines is 1. The molecular weight excluding hydrogens is 484 g/mol. The molecule has 6 rings (SSSR count). The van der Waals surface area contributed by atoms with Gasteiger partial charge in [-0.05, 0) is 49.6 Å². The maximum atomic E-state index is 14.5. The lowest BCUT2D eigenvalue weighted by atomic mass is 9.74. The van der Waals surface area contributed by atoms with Crippen molar-refractivity contribution in [2.24, 2.45) is 11.8 Å². The molecule has 0 aliphatic carbocycles. The monoisotopic (exact) mass is 516 g/mol. The second-order valence-electron chi connectivity index (χ2n) is 10.9. The molecule has 4 heterocycles. The first kappa shape index (κ1) is 24.8. The number of benzene rings is 2. The van der Waals surface area contributed by atoms with Gasteiger partial charge in [0.25, 0.3) is 5.91 Å². The Morgan fingerprint density at radius 1 is 1.03 bits per heavy atom. The van der Waals surface area contributed by atoms with Gasteiger partial charge in [0.1, 0.15) is 17.6 Å². The number of likely N-dealkylation sites (tertiary alicyclic amines) is 1. The number of allylic oxidation sites excluding steroid dienone is 1. The maximum absolute atomic E-state index is 14.5.